The molecule has 2 unspecified atom stereocenters. The third kappa shape index (κ3) is 4.42. The number of hydrogen-bond donors (Lipinski definition) is 2. The van der Waals surface area contributed by atoms with Gasteiger partial charge in [0.2, 0.25) is 16.0 Å². The smallest absolute Gasteiger partial charge is 0.269 e. The second-order valence-electron chi connectivity index (χ2n) is 10.2. The van der Waals surface area contributed by atoms with E-state index in [9.17, 15) is 13.2 Å². The van der Waals surface area contributed by atoms with E-state index in [1.807, 2.05) is 18.2 Å². The van der Waals surface area contributed by atoms with Crippen molar-refractivity contribution in [1.82, 2.24) is 19.3 Å². The van der Waals surface area contributed by atoms with Crippen molar-refractivity contribution in [1.29, 1.82) is 0 Å². The molecule has 0 spiro atoms. The SMILES string of the molecule is CC1(C)Oc2cc(-c3ccnc(Nc4ccc(N5CC6CC5CN6S(C)(=O)=O)c(Cl)c4)n3)cnc2NC1=O. The Morgan fingerprint density at radius 2 is 1.97 bits per heavy atom. The molecule has 11 nitrogen and oxygen atoms in total. The minimum absolute atomic E-state index is 0.0224. The van der Waals surface area contributed by atoms with E-state index in [0.29, 0.717) is 46.9 Å². The van der Waals surface area contributed by atoms with Gasteiger partial charge in [-0.2, -0.15) is 4.31 Å². The summed E-state index contributed by atoms with van der Waals surface area (Å²) in [5.41, 5.74) is 1.93. The predicted octanol–water partition coefficient (Wildman–Crippen LogP) is 3.27. The van der Waals surface area contributed by atoms with Gasteiger partial charge in [0.25, 0.3) is 5.91 Å². The Morgan fingerprint density at radius 3 is 2.68 bits per heavy atom. The molecule has 0 saturated carbocycles. The molecule has 2 N–H and O–H groups in total. The number of hydrogen-bond acceptors (Lipinski definition) is 9. The van der Waals surface area contributed by atoms with Gasteiger partial charge in [0.05, 0.1) is 22.7 Å². The molecule has 2 bridgehead atoms. The number of benzene rings is 1. The summed E-state index contributed by atoms with van der Waals surface area (Å²) < 4.78 is 31.4. The van der Waals surface area contributed by atoms with Crippen LogP contribution in [0.1, 0.15) is 20.3 Å². The summed E-state index contributed by atoms with van der Waals surface area (Å²) in [4.78, 5) is 27.6. The average Bonchev–Trinajstić information content (AvgIpc) is 3.46. The molecule has 6 rings (SSSR count). The van der Waals surface area contributed by atoms with E-state index in [0.717, 1.165) is 17.8 Å². The number of rotatable bonds is 5. The lowest BCUT2D eigenvalue weighted by Gasteiger charge is -2.34. The number of ether oxygens (including phenoxy) is 1. The van der Waals surface area contributed by atoms with Crippen molar-refractivity contribution >= 4 is 50.7 Å². The molecule has 13 heteroatoms. The summed E-state index contributed by atoms with van der Waals surface area (Å²) in [6, 6.07) is 9.28. The normalized spacial score (nSPS) is 22.1. The summed E-state index contributed by atoms with van der Waals surface area (Å²) in [6.07, 6.45) is 5.32. The van der Waals surface area contributed by atoms with E-state index < -0.39 is 15.6 Å². The van der Waals surface area contributed by atoms with Gasteiger partial charge < -0.3 is 20.3 Å². The largest absolute Gasteiger partial charge is 0.474 e. The van der Waals surface area contributed by atoms with Crippen molar-refractivity contribution in [2.75, 3.05) is 34.9 Å². The van der Waals surface area contributed by atoms with Gasteiger partial charge in [0.15, 0.2) is 17.2 Å². The predicted molar refractivity (Wildman–Crippen MR) is 144 cm³/mol. The zero-order chi connectivity index (χ0) is 26.8. The lowest BCUT2D eigenvalue weighted by Crippen LogP contribution is -2.48. The van der Waals surface area contributed by atoms with Gasteiger partial charge in [-0.15, -0.1) is 0 Å². The van der Waals surface area contributed by atoms with Crippen LogP contribution >= 0.6 is 11.6 Å². The maximum Gasteiger partial charge on any atom is 0.269 e. The van der Waals surface area contributed by atoms with Crippen LogP contribution in [0.4, 0.5) is 23.1 Å². The van der Waals surface area contributed by atoms with Gasteiger partial charge in [0, 0.05) is 48.8 Å². The van der Waals surface area contributed by atoms with Gasteiger partial charge >= 0.3 is 0 Å². The summed E-state index contributed by atoms with van der Waals surface area (Å²) in [5.74, 6) is 0.965. The first-order valence-corrected chi connectivity index (χ1v) is 14.3. The Balaban J connectivity index is 1.19. The first kappa shape index (κ1) is 24.8. The molecule has 3 aromatic rings. The molecule has 0 aliphatic carbocycles. The van der Waals surface area contributed by atoms with E-state index in [4.69, 9.17) is 16.3 Å². The number of sulfonamides is 1. The maximum atomic E-state index is 12.1. The number of piperazine rings is 1. The number of aromatic nitrogens is 3. The minimum atomic E-state index is -3.20. The molecule has 2 fully saturated rings. The highest BCUT2D eigenvalue weighted by atomic mass is 35.5. The highest BCUT2D eigenvalue weighted by Crippen LogP contribution is 2.40. The number of anilines is 4. The quantitative estimate of drug-likeness (QED) is 0.487. The topological polar surface area (TPSA) is 130 Å². The number of pyridine rings is 1. The molecule has 0 radical (unpaired) electrons. The molecule has 2 saturated heterocycles. The lowest BCUT2D eigenvalue weighted by atomic mass is 10.1. The fraction of sp³-hybridized carbons (Fsp3) is 0.360. The van der Waals surface area contributed by atoms with Gasteiger partial charge in [-0.1, -0.05) is 11.6 Å². The van der Waals surface area contributed by atoms with Crippen molar-refractivity contribution in [3.63, 3.8) is 0 Å². The monoisotopic (exact) mass is 555 g/mol. The zero-order valence-corrected chi connectivity index (χ0v) is 22.5. The summed E-state index contributed by atoms with van der Waals surface area (Å²) >= 11 is 6.66. The fourth-order valence-corrected chi connectivity index (χ4v) is 6.62. The van der Waals surface area contributed by atoms with Gasteiger partial charge in [0.1, 0.15) is 0 Å². The third-order valence-corrected chi connectivity index (χ3v) is 8.68. The second-order valence-corrected chi connectivity index (χ2v) is 12.6. The van der Waals surface area contributed by atoms with Crippen LogP contribution in [0, 0.1) is 0 Å². The molecule has 3 aliphatic heterocycles. The maximum absolute atomic E-state index is 12.1. The van der Waals surface area contributed by atoms with Gasteiger partial charge in [-0.05, 0) is 50.6 Å². The molecule has 3 aliphatic rings. The Labute approximate surface area is 225 Å². The van der Waals surface area contributed by atoms with E-state index in [1.54, 1.807) is 42.7 Å². The van der Waals surface area contributed by atoms with Gasteiger partial charge in [-0.3, -0.25) is 4.79 Å². The Kier molecular flexibility index (Phi) is 5.74. The summed E-state index contributed by atoms with van der Waals surface area (Å²) in [5, 5.41) is 6.51. The van der Waals surface area contributed by atoms with Crippen LogP contribution in [-0.2, 0) is 14.8 Å². The van der Waals surface area contributed by atoms with Crippen LogP contribution in [0.5, 0.6) is 5.75 Å². The molecular weight excluding hydrogens is 530 g/mol. The van der Waals surface area contributed by atoms with E-state index >= 15 is 0 Å². The number of fused-ring (bicyclic) bond motifs is 3. The van der Waals surface area contributed by atoms with Crippen molar-refractivity contribution in [3.8, 4) is 17.0 Å². The average molecular weight is 556 g/mol. The standard InChI is InChI=1S/C25H26ClN7O4S/c1-25(2)23(34)31-22-21(37-25)8-14(11-28-22)19-6-7-27-24(30-19)29-15-4-5-20(18(26)9-15)32-12-17-10-16(32)13-33(17)38(3,35)36/h4-9,11,16-17H,10,12-13H2,1-3H3,(H,27,29,30)(H,28,31,34). The lowest BCUT2D eigenvalue weighted by molar-refractivity contribution is -0.129. The molecule has 198 valence electrons. The van der Waals surface area contributed by atoms with Crippen LogP contribution in [-0.4, -0.2) is 70.6 Å². The van der Waals surface area contributed by atoms with Crippen LogP contribution in [0.3, 0.4) is 0 Å². The number of nitrogens with zero attached hydrogens (tertiary/aromatic N) is 5. The molecule has 38 heavy (non-hydrogen) atoms. The molecule has 2 atom stereocenters. The fourth-order valence-electron chi connectivity index (χ4n) is 5.19. The van der Waals surface area contributed by atoms with Gasteiger partial charge in [-0.25, -0.2) is 23.4 Å². The molecular formula is C25H26ClN7O4S. The highest BCUT2D eigenvalue weighted by Gasteiger charge is 2.47. The van der Waals surface area contributed by atoms with Crippen molar-refractivity contribution in [2.45, 2.75) is 38.0 Å². The van der Waals surface area contributed by atoms with E-state index in [1.165, 1.54) is 6.26 Å². The van der Waals surface area contributed by atoms with Crippen molar-refractivity contribution in [2.24, 2.45) is 0 Å². The molecule has 5 heterocycles. The Hall–Kier alpha value is -3.48. The number of carbonyl (C=O) groups is 1. The Morgan fingerprint density at radius 1 is 1.16 bits per heavy atom. The van der Waals surface area contributed by atoms with Crippen LogP contribution in [0.25, 0.3) is 11.3 Å². The highest BCUT2D eigenvalue weighted by molar-refractivity contribution is 7.88. The van der Waals surface area contributed by atoms with Crippen LogP contribution < -0.4 is 20.3 Å². The summed E-state index contributed by atoms with van der Waals surface area (Å²) in [7, 11) is -3.20. The minimum Gasteiger partial charge on any atom is -0.474 e. The first-order valence-electron chi connectivity index (χ1n) is 12.1. The number of amides is 1. The van der Waals surface area contributed by atoms with Crippen LogP contribution in [0.2, 0.25) is 5.02 Å². The summed E-state index contributed by atoms with van der Waals surface area (Å²) in [6.45, 7) is 4.49. The number of carbonyl (C=O) groups excluding carboxylic acids is 1. The Bertz CT molecular complexity index is 1570. The second kappa shape index (κ2) is 8.79. The van der Waals surface area contributed by atoms with Crippen LogP contribution in [0.15, 0.2) is 42.7 Å². The third-order valence-electron chi connectivity index (χ3n) is 7.08. The van der Waals surface area contributed by atoms with Crippen molar-refractivity contribution in [3.05, 3.63) is 47.7 Å². The van der Waals surface area contributed by atoms with E-state index in [2.05, 4.69) is 30.5 Å². The molecule has 1 amide bonds. The van der Waals surface area contributed by atoms with E-state index in [-0.39, 0.29) is 18.0 Å². The number of halogens is 1. The number of nitrogens with one attached hydrogen (secondary N) is 2. The first-order chi connectivity index (χ1) is 18.0. The molecule has 2 aromatic heterocycles. The zero-order valence-electron chi connectivity index (χ0n) is 21.0. The molecule has 1 aromatic carbocycles. The van der Waals surface area contributed by atoms with Crippen molar-refractivity contribution < 1.29 is 17.9 Å².